The van der Waals surface area contributed by atoms with Crippen LogP contribution in [0.5, 0.6) is 5.75 Å². The van der Waals surface area contributed by atoms with Crippen molar-refractivity contribution in [1.29, 1.82) is 0 Å². The molecule has 0 saturated heterocycles. The minimum Gasteiger partial charge on any atom is -0.427 e. The maximum atomic E-state index is 12.2. The average Bonchev–Trinajstić information content (AvgIpc) is 3.02. The predicted molar refractivity (Wildman–Crippen MR) is 104 cm³/mol. The van der Waals surface area contributed by atoms with Crippen molar-refractivity contribution >= 4 is 23.9 Å². The van der Waals surface area contributed by atoms with E-state index < -0.39 is 5.97 Å². The first kappa shape index (κ1) is 18.6. The Morgan fingerprint density at radius 2 is 1.93 bits per heavy atom. The van der Waals surface area contributed by atoms with Crippen molar-refractivity contribution in [3.8, 4) is 5.75 Å². The Balaban J connectivity index is 1.83. The SMILES string of the molecule is CCC(=O)Oc1cccc(/C=C2\N=C(c3ccc(C(C)C)cc3)OC2=O)c1. The van der Waals surface area contributed by atoms with Crippen molar-refractivity contribution in [1.82, 2.24) is 0 Å². The molecule has 0 fully saturated rings. The van der Waals surface area contributed by atoms with Gasteiger partial charge in [0, 0.05) is 12.0 Å². The Labute approximate surface area is 158 Å². The summed E-state index contributed by atoms with van der Waals surface area (Å²) in [5.41, 5.74) is 2.86. The van der Waals surface area contributed by atoms with Crippen LogP contribution < -0.4 is 4.74 Å². The van der Waals surface area contributed by atoms with Gasteiger partial charge in [0.05, 0.1) is 0 Å². The molecule has 0 radical (unpaired) electrons. The van der Waals surface area contributed by atoms with E-state index >= 15 is 0 Å². The van der Waals surface area contributed by atoms with Crippen LogP contribution in [0.25, 0.3) is 6.08 Å². The lowest BCUT2D eigenvalue weighted by Crippen LogP contribution is -2.06. The van der Waals surface area contributed by atoms with E-state index in [1.807, 2.05) is 24.3 Å². The number of ether oxygens (including phenoxy) is 2. The van der Waals surface area contributed by atoms with Crippen LogP contribution in [0.15, 0.2) is 59.2 Å². The second-order valence-corrected chi connectivity index (χ2v) is 6.51. The van der Waals surface area contributed by atoms with Crippen molar-refractivity contribution in [2.75, 3.05) is 0 Å². The zero-order valence-corrected chi connectivity index (χ0v) is 15.6. The highest BCUT2D eigenvalue weighted by molar-refractivity contribution is 6.12. The van der Waals surface area contributed by atoms with Gasteiger partial charge in [-0.05, 0) is 47.4 Å². The zero-order chi connectivity index (χ0) is 19.4. The van der Waals surface area contributed by atoms with Crippen molar-refractivity contribution in [2.45, 2.75) is 33.1 Å². The number of benzene rings is 2. The van der Waals surface area contributed by atoms with Crippen molar-refractivity contribution in [2.24, 2.45) is 4.99 Å². The maximum Gasteiger partial charge on any atom is 0.363 e. The normalized spacial score (nSPS) is 15.0. The summed E-state index contributed by atoms with van der Waals surface area (Å²) < 4.78 is 10.5. The van der Waals surface area contributed by atoms with Gasteiger partial charge in [-0.25, -0.2) is 9.79 Å². The van der Waals surface area contributed by atoms with Gasteiger partial charge in [0.1, 0.15) is 5.75 Å². The van der Waals surface area contributed by atoms with Gasteiger partial charge in [-0.3, -0.25) is 4.79 Å². The number of hydrogen-bond acceptors (Lipinski definition) is 5. The van der Waals surface area contributed by atoms with Crippen molar-refractivity contribution < 1.29 is 19.1 Å². The molecule has 2 aromatic rings. The number of hydrogen-bond donors (Lipinski definition) is 0. The summed E-state index contributed by atoms with van der Waals surface area (Å²) in [6.07, 6.45) is 1.90. The number of cyclic esters (lactones) is 1. The van der Waals surface area contributed by atoms with Gasteiger partial charge in [-0.15, -0.1) is 0 Å². The lowest BCUT2D eigenvalue weighted by atomic mass is 10.0. The average molecular weight is 363 g/mol. The molecule has 0 spiro atoms. The smallest absolute Gasteiger partial charge is 0.363 e. The molecule has 5 nitrogen and oxygen atoms in total. The van der Waals surface area contributed by atoms with Gasteiger partial charge in [0.2, 0.25) is 5.90 Å². The first-order valence-electron chi connectivity index (χ1n) is 8.90. The van der Waals surface area contributed by atoms with Crippen molar-refractivity contribution in [3.63, 3.8) is 0 Å². The standard InChI is InChI=1S/C22H21NO4/c1-4-20(24)26-18-7-5-6-15(12-18)13-19-22(25)27-21(23-19)17-10-8-16(9-11-17)14(2)3/h5-14H,4H2,1-3H3/b19-13-. The quantitative estimate of drug-likeness (QED) is 0.447. The molecule has 1 aliphatic heterocycles. The summed E-state index contributed by atoms with van der Waals surface area (Å²) in [5.74, 6) is 0.321. The summed E-state index contributed by atoms with van der Waals surface area (Å²) in [7, 11) is 0. The molecule has 0 unspecified atom stereocenters. The summed E-state index contributed by atoms with van der Waals surface area (Å²) >= 11 is 0. The van der Waals surface area contributed by atoms with Crippen LogP contribution in [0.3, 0.4) is 0 Å². The topological polar surface area (TPSA) is 65.0 Å². The lowest BCUT2D eigenvalue weighted by Gasteiger charge is -2.05. The van der Waals surface area contributed by atoms with Gasteiger partial charge >= 0.3 is 11.9 Å². The van der Waals surface area contributed by atoms with E-state index in [1.165, 1.54) is 5.56 Å². The predicted octanol–water partition coefficient (Wildman–Crippen LogP) is 4.47. The Hall–Kier alpha value is -3.21. The van der Waals surface area contributed by atoms with Gasteiger partial charge in [-0.2, -0.15) is 0 Å². The van der Waals surface area contributed by atoms with Crippen LogP contribution in [-0.2, 0) is 14.3 Å². The number of rotatable bonds is 5. The second kappa shape index (κ2) is 7.99. The number of aliphatic imine (C=N–C) groups is 1. The molecular weight excluding hydrogens is 342 g/mol. The lowest BCUT2D eigenvalue weighted by molar-refractivity contribution is -0.134. The largest absolute Gasteiger partial charge is 0.427 e. The third-order valence-electron chi connectivity index (χ3n) is 4.13. The first-order valence-corrected chi connectivity index (χ1v) is 8.90. The molecule has 0 bridgehead atoms. The Morgan fingerprint density at radius 3 is 2.59 bits per heavy atom. The van der Waals surface area contributed by atoms with Crippen LogP contribution in [0, 0.1) is 0 Å². The molecular formula is C22H21NO4. The summed E-state index contributed by atoms with van der Waals surface area (Å²) in [6.45, 7) is 5.97. The molecule has 0 atom stereocenters. The fraction of sp³-hybridized carbons (Fsp3) is 0.227. The molecule has 3 rings (SSSR count). The van der Waals surface area contributed by atoms with E-state index in [0.717, 1.165) is 5.56 Å². The zero-order valence-electron chi connectivity index (χ0n) is 15.6. The second-order valence-electron chi connectivity index (χ2n) is 6.51. The molecule has 0 N–H and O–H groups in total. The van der Waals surface area contributed by atoms with E-state index in [1.54, 1.807) is 37.3 Å². The van der Waals surface area contributed by atoms with Gasteiger partial charge in [-0.1, -0.05) is 45.0 Å². The van der Waals surface area contributed by atoms with E-state index in [0.29, 0.717) is 23.7 Å². The Bertz CT molecular complexity index is 924. The fourth-order valence-corrected chi connectivity index (χ4v) is 2.57. The van der Waals surface area contributed by atoms with Gasteiger partial charge in [0.25, 0.3) is 0 Å². The minimum atomic E-state index is -0.506. The van der Waals surface area contributed by atoms with E-state index in [2.05, 4.69) is 18.8 Å². The highest BCUT2D eigenvalue weighted by atomic mass is 16.6. The van der Waals surface area contributed by atoms with Gasteiger partial charge in [0.15, 0.2) is 5.70 Å². The van der Waals surface area contributed by atoms with Crippen LogP contribution in [0.4, 0.5) is 0 Å². The molecule has 0 saturated carbocycles. The van der Waals surface area contributed by atoms with Crippen LogP contribution in [0.2, 0.25) is 0 Å². The fourth-order valence-electron chi connectivity index (χ4n) is 2.57. The van der Waals surface area contributed by atoms with E-state index in [-0.39, 0.29) is 17.6 Å². The third kappa shape index (κ3) is 4.50. The van der Waals surface area contributed by atoms with Crippen LogP contribution >= 0.6 is 0 Å². The summed E-state index contributed by atoms with van der Waals surface area (Å²) in [6, 6.07) is 14.7. The highest BCUT2D eigenvalue weighted by Crippen LogP contribution is 2.22. The maximum absolute atomic E-state index is 12.2. The molecule has 1 aliphatic rings. The van der Waals surface area contributed by atoms with Crippen molar-refractivity contribution in [3.05, 3.63) is 70.9 Å². The monoisotopic (exact) mass is 363 g/mol. The molecule has 0 aromatic heterocycles. The summed E-state index contributed by atoms with van der Waals surface area (Å²) in [4.78, 5) is 27.9. The van der Waals surface area contributed by atoms with Crippen LogP contribution in [0.1, 0.15) is 49.8 Å². The molecule has 138 valence electrons. The third-order valence-corrected chi connectivity index (χ3v) is 4.13. The molecule has 2 aromatic carbocycles. The van der Waals surface area contributed by atoms with E-state index in [4.69, 9.17) is 9.47 Å². The van der Waals surface area contributed by atoms with Crippen LogP contribution in [-0.4, -0.2) is 17.8 Å². The highest BCUT2D eigenvalue weighted by Gasteiger charge is 2.24. The molecule has 0 aliphatic carbocycles. The first-order chi connectivity index (χ1) is 13.0. The molecule has 1 heterocycles. The van der Waals surface area contributed by atoms with E-state index in [9.17, 15) is 9.59 Å². The van der Waals surface area contributed by atoms with Gasteiger partial charge < -0.3 is 9.47 Å². The molecule has 0 amide bonds. The Morgan fingerprint density at radius 1 is 1.19 bits per heavy atom. The number of carbonyl (C=O) groups excluding carboxylic acids is 2. The summed E-state index contributed by atoms with van der Waals surface area (Å²) in [5, 5.41) is 0. The molecule has 5 heteroatoms. The number of carbonyl (C=O) groups is 2. The Kier molecular flexibility index (Phi) is 5.50. The minimum absolute atomic E-state index is 0.205. The number of esters is 2. The number of nitrogens with zero attached hydrogens (tertiary/aromatic N) is 1. The molecule has 27 heavy (non-hydrogen) atoms.